The molecule has 9 heteroatoms. The standard InChI is InChI=1S/C30H39N3O5S/c1-22-19-33(23(2)21-34)39(36,37)29-12-11-25(10-9-24-7-5-4-6-8-24)17-27(29)38-28(22)20-32(3)30(35)18-26-13-15-31-16-14-26/h11-17,22-24,28,34H,4-8,18-21H2,1-3H3/t22-,23-,28-/m0/s1. The Labute approximate surface area is 232 Å². The lowest BCUT2D eigenvalue weighted by Crippen LogP contribution is -2.50. The van der Waals surface area contributed by atoms with E-state index in [0.717, 1.165) is 18.4 Å². The van der Waals surface area contributed by atoms with Gasteiger partial charge in [0.2, 0.25) is 15.9 Å². The summed E-state index contributed by atoms with van der Waals surface area (Å²) in [5.41, 5.74) is 1.57. The molecule has 3 atom stereocenters. The minimum atomic E-state index is -3.93. The summed E-state index contributed by atoms with van der Waals surface area (Å²) in [6.07, 6.45) is 8.90. The zero-order chi connectivity index (χ0) is 28.0. The van der Waals surface area contributed by atoms with Crippen LogP contribution in [0, 0.1) is 23.7 Å². The number of aromatic nitrogens is 1. The highest BCUT2D eigenvalue weighted by molar-refractivity contribution is 7.89. The van der Waals surface area contributed by atoms with Crippen LogP contribution in [0.5, 0.6) is 5.75 Å². The van der Waals surface area contributed by atoms with Crippen LogP contribution in [-0.4, -0.2) is 72.5 Å². The lowest BCUT2D eigenvalue weighted by Gasteiger charge is -2.37. The summed E-state index contributed by atoms with van der Waals surface area (Å²) < 4.78 is 35.2. The summed E-state index contributed by atoms with van der Waals surface area (Å²) >= 11 is 0. The zero-order valence-corrected chi connectivity index (χ0v) is 23.9. The number of carbonyl (C=O) groups is 1. The SMILES string of the molecule is C[C@H]1CN([C@@H](C)CO)S(=O)(=O)c2ccc(C#CC3CCCCC3)cc2O[C@H]1CN(C)C(=O)Cc1ccncc1. The normalized spacial score (nSPS) is 22.3. The lowest BCUT2D eigenvalue weighted by molar-refractivity contribution is -0.130. The third-order valence-corrected chi connectivity index (χ3v) is 9.70. The molecule has 8 nitrogen and oxygen atoms in total. The second-order valence-electron chi connectivity index (χ2n) is 10.8. The predicted molar refractivity (Wildman–Crippen MR) is 149 cm³/mol. The summed E-state index contributed by atoms with van der Waals surface area (Å²) in [4.78, 5) is 18.7. The Balaban J connectivity index is 1.64. The van der Waals surface area contributed by atoms with Gasteiger partial charge >= 0.3 is 0 Å². The van der Waals surface area contributed by atoms with Crippen LogP contribution in [0.25, 0.3) is 0 Å². The average molecular weight is 554 g/mol. The van der Waals surface area contributed by atoms with E-state index in [1.807, 2.05) is 19.1 Å². The molecule has 1 saturated carbocycles. The Kier molecular flexibility index (Phi) is 9.65. The first-order valence-electron chi connectivity index (χ1n) is 13.8. The minimum Gasteiger partial charge on any atom is -0.487 e. The fraction of sp³-hybridized carbons (Fsp3) is 0.533. The quantitative estimate of drug-likeness (QED) is 0.550. The van der Waals surface area contributed by atoms with Gasteiger partial charge in [-0.05, 0) is 55.7 Å². The number of likely N-dealkylation sites (N-methyl/N-ethyl adjacent to an activating group) is 1. The van der Waals surface area contributed by atoms with Crippen LogP contribution in [-0.2, 0) is 21.2 Å². The van der Waals surface area contributed by atoms with Gasteiger partial charge in [-0.3, -0.25) is 9.78 Å². The molecule has 210 valence electrons. The van der Waals surface area contributed by atoms with E-state index < -0.39 is 22.2 Å². The van der Waals surface area contributed by atoms with Crippen molar-refractivity contribution in [3.63, 3.8) is 0 Å². The van der Waals surface area contributed by atoms with Gasteiger partial charge in [0.25, 0.3) is 0 Å². The highest BCUT2D eigenvalue weighted by Crippen LogP contribution is 2.34. The number of hydrogen-bond acceptors (Lipinski definition) is 6. The highest BCUT2D eigenvalue weighted by atomic mass is 32.2. The molecule has 1 aliphatic heterocycles. The van der Waals surface area contributed by atoms with E-state index in [1.165, 1.54) is 23.6 Å². The summed E-state index contributed by atoms with van der Waals surface area (Å²) in [5, 5.41) is 9.86. The van der Waals surface area contributed by atoms with Crippen LogP contribution in [0.4, 0.5) is 0 Å². The highest BCUT2D eigenvalue weighted by Gasteiger charge is 2.38. The molecule has 0 radical (unpaired) electrons. The van der Waals surface area contributed by atoms with Crippen molar-refractivity contribution in [3.8, 4) is 17.6 Å². The molecule has 1 fully saturated rings. The van der Waals surface area contributed by atoms with Crippen molar-refractivity contribution in [2.45, 2.75) is 69.4 Å². The van der Waals surface area contributed by atoms with Crippen LogP contribution in [0.2, 0.25) is 0 Å². The van der Waals surface area contributed by atoms with Gasteiger partial charge in [-0.15, -0.1) is 0 Å². The Morgan fingerprint density at radius 1 is 1.21 bits per heavy atom. The third-order valence-electron chi connectivity index (χ3n) is 7.68. The van der Waals surface area contributed by atoms with E-state index in [4.69, 9.17) is 4.74 Å². The molecule has 0 saturated heterocycles. The molecule has 4 rings (SSSR count). The van der Waals surface area contributed by atoms with E-state index in [1.54, 1.807) is 49.5 Å². The van der Waals surface area contributed by atoms with Gasteiger partial charge in [0.1, 0.15) is 16.7 Å². The molecule has 2 aliphatic rings. The second-order valence-corrected chi connectivity index (χ2v) is 12.7. The van der Waals surface area contributed by atoms with Gasteiger partial charge < -0.3 is 14.7 Å². The van der Waals surface area contributed by atoms with Crippen LogP contribution < -0.4 is 4.74 Å². The summed E-state index contributed by atoms with van der Waals surface area (Å²) in [5.74, 6) is 6.87. The lowest BCUT2D eigenvalue weighted by atomic mass is 9.90. The van der Waals surface area contributed by atoms with Gasteiger partial charge in [-0.2, -0.15) is 4.31 Å². The van der Waals surface area contributed by atoms with E-state index in [9.17, 15) is 18.3 Å². The van der Waals surface area contributed by atoms with Crippen molar-refractivity contribution in [1.29, 1.82) is 0 Å². The number of pyridine rings is 1. The van der Waals surface area contributed by atoms with Crippen LogP contribution in [0.15, 0.2) is 47.6 Å². The third kappa shape index (κ3) is 7.18. The van der Waals surface area contributed by atoms with E-state index >= 15 is 0 Å². The zero-order valence-electron chi connectivity index (χ0n) is 23.0. The van der Waals surface area contributed by atoms with Crippen LogP contribution >= 0.6 is 0 Å². The number of sulfonamides is 1. The molecule has 1 aromatic carbocycles. The van der Waals surface area contributed by atoms with E-state index in [2.05, 4.69) is 16.8 Å². The number of aliphatic hydroxyl groups excluding tert-OH is 1. The number of carbonyl (C=O) groups excluding carboxylic acids is 1. The maximum atomic E-state index is 13.7. The molecule has 0 spiro atoms. The topological polar surface area (TPSA) is 100 Å². The molecule has 1 N–H and O–H groups in total. The molecule has 1 aromatic heterocycles. The molecule has 1 aliphatic carbocycles. The van der Waals surface area contributed by atoms with Gasteiger partial charge in [0.15, 0.2) is 0 Å². The molecule has 1 amide bonds. The van der Waals surface area contributed by atoms with E-state index in [-0.39, 0.29) is 48.6 Å². The first kappa shape index (κ1) is 29.1. The number of aliphatic hydroxyl groups is 1. The molecular formula is C30H39N3O5S. The summed E-state index contributed by atoms with van der Waals surface area (Å²) in [6.45, 7) is 3.74. The Morgan fingerprint density at radius 3 is 2.62 bits per heavy atom. The van der Waals surface area contributed by atoms with Gasteiger partial charge in [0, 0.05) is 49.4 Å². The molecular weight excluding hydrogens is 514 g/mol. The van der Waals surface area contributed by atoms with Crippen molar-refractivity contribution in [2.75, 3.05) is 26.7 Å². The molecule has 0 unspecified atom stereocenters. The molecule has 39 heavy (non-hydrogen) atoms. The Bertz CT molecular complexity index is 1300. The molecule has 0 bridgehead atoms. The largest absolute Gasteiger partial charge is 0.487 e. The number of amides is 1. The first-order valence-corrected chi connectivity index (χ1v) is 15.2. The molecule has 2 aromatic rings. The van der Waals surface area contributed by atoms with Gasteiger partial charge in [0.05, 0.1) is 19.6 Å². The number of ether oxygens (including phenoxy) is 1. The first-order chi connectivity index (χ1) is 18.7. The Hall–Kier alpha value is -2.93. The van der Waals surface area contributed by atoms with Crippen molar-refractivity contribution in [2.24, 2.45) is 11.8 Å². The number of fused-ring (bicyclic) bond motifs is 1. The van der Waals surface area contributed by atoms with Crippen molar-refractivity contribution in [3.05, 3.63) is 53.9 Å². The minimum absolute atomic E-state index is 0.0497. The van der Waals surface area contributed by atoms with Crippen molar-refractivity contribution < 1.29 is 23.1 Å². The fourth-order valence-corrected chi connectivity index (χ4v) is 6.96. The monoisotopic (exact) mass is 553 g/mol. The summed E-state index contributed by atoms with van der Waals surface area (Å²) in [6, 6.07) is 7.99. The fourth-order valence-electron chi connectivity index (χ4n) is 5.14. The van der Waals surface area contributed by atoms with Gasteiger partial charge in [-0.1, -0.05) is 38.0 Å². The Morgan fingerprint density at radius 2 is 1.92 bits per heavy atom. The van der Waals surface area contributed by atoms with Crippen molar-refractivity contribution in [1.82, 2.24) is 14.2 Å². The average Bonchev–Trinajstić information content (AvgIpc) is 2.94. The van der Waals surface area contributed by atoms with Crippen LogP contribution in [0.3, 0.4) is 0 Å². The maximum absolute atomic E-state index is 13.7. The predicted octanol–water partition coefficient (Wildman–Crippen LogP) is 3.48. The summed E-state index contributed by atoms with van der Waals surface area (Å²) in [7, 11) is -2.20. The maximum Gasteiger partial charge on any atom is 0.247 e. The smallest absolute Gasteiger partial charge is 0.247 e. The number of nitrogens with zero attached hydrogens (tertiary/aromatic N) is 3. The number of benzene rings is 1. The van der Waals surface area contributed by atoms with Crippen LogP contribution in [0.1, 0.15) is 57.1 Å². The number of rotatable bonds is 6. The van der Waals surface area contributed by atoms with Crippen molar-refractivity contribution >= 4 is 15.9 Å². The van der Waals surface area contributed by atoms with E-state index in [0.29, 0.717) is 11.5 Å². The van der Waals surface area contributed by atoms with Gasteiger partial charge in [-0.25, -0.2) is 8.42 Å². The second kappa shape index (κ2) is 12.9. The molecule has 2 heterocycles. The number of hydrogen-bond donors (Lipinski definition) is 1.